The second-order valence-corrected chi connectivity index (χ2v) is 13.0. The van der Waals surface area contributed by atoms with E-state index in [9.17, 15) is 14.3 Å². The summed E-state index contributed by atoms with van der Waals surface area (Å²) in [4.78, 5) is 23.8. The van der Waals surface area contributed by atoms with Crippen molar-refractivity contribution in [3.05, 3.63) is 11.4 Å². The molecule has 29 heavy (non-hydrogen) atoms. The van der Waals surface area contributed by atoms with E-state index in [0.717, 1.165) is 36.9 Å². The molecule has 3 fully saturated rings. The molecule has 0 aromatic heterocycles. The zero-order valence-electron chi connectivity index (χ0n) is 18.9. The van der Waals surface area contributed by atoms with E-state index in [4.69, 9.17) is 0 Å². The average molecular weight is 421 g/mol. The first-order chi connectivity index (χ1) is 13.5. The Morgan fingerprint density at radius 3 is 2.41 bits per heavy atom. The number of fused-ring (bicyclic) bond motifs is 5. The maximum absolute atomic E-state index is 12.0. The van der Waals surface area contributed by atoms with E-state index in [1.54, 1.807) is 0 Å². The van der Waals surface area contributed by atoms with Crippen molar-refractivity contribution in [1.29, 1.82) is 0 Å². The van der Waals surface area contributed by atoms with E-state index in [0.29, 0.717) is 23.8 Å². The molecular formula is C24H39NO3P+. The standard InChI is InChI=1S/C24H38NO3P/c1-22(2,3)25(15-26)21-9-8-19-18-7-6-16-14-17(29(27)28)10-12-23(16,4)20(18)11-13-24(19,21)5/h10,15-16,18-21H,6-9,11-14H2,1-5H3/p+1/t16-,18-,19-,20-,21-,23-,24-/m0/s1. The fourth-order valence-electron chi connectivity index (χ4n) is 8.15. The Labute approximate surface area is 177 Å². The van der Waals surface area contributed by atoms with Crippen LogP contribution in [0.3, 0.4) is 0 Å². The molecule has 0 bridgehead atoms. The van der Waals surface area contributed by atoms with E-state index in [1.807, 2.05) is 0 Å². The molecule has 1 N–H and O–H groups in total. The minimum absolute atomic E-state index is 0.129. The van der Waals surface area contributed by atoms with Crippen LogP contribution in [0.1, 0.15) is 86.0 Å². The second kappa shape index (κ2) is 7.16. The lowest BCUT2D eigenvalue weighted by Gasteiger charge is -2.60. The molecular weight excluding hydrogens is 381 g/mol. The summed E-state index contributed by atoms with van der Waals surface area (Å²) in [5, 5.41) is 0.786. The number of hydrogen-bond acceptors (Lipinski definition) is 2. The summed E-state index contributed by atoms with van der Waals surface area (Å²) < 4.78 is 11.7. The molecule has 5 heteroatoms. The van der Waals surface area contributed by atoms with E-state index < -0.39 is 8.03 Å². The van der Waals surface area contributed by atoms with Crippen LogP contribution in [0, 0.1) is 34.5 Å². The maximum Gasteiger partial charge on any atom is 0.541 e. The fourth-order valence-corrected chi connectivity index (χ4v) is 8.77. The number of allylic oxidation sites excluding steroid dienone is 2. The summed E-state index contributed by atoms with van der Waals surface area (Å²) in [7, 11) is -2.16. The number of hydrogen-bond donors (Lipinski definition) is 1. The Bertz CT molecular complexity index is 728. The maximum atomic E-state index is 12.0. The van der Waals surface area contributed by atoms with E-state index in [-0.39, 0.29) is 16.4 Å². The van der Waals surface area contributed by atoms with Gasteiger partial charge in [-0.15, -0.1) is 0 Å². The van der Waals surface area contributed by atoms with Gasteiger partial charge in [0.25, 0.3) is 0 Å². The monoisotopic (exact) mass is 420 g/mol. The molecule has 8 atom stereocenters. The van der Waals surface area contributed by atoms with Gasteiger partial charge in [-0.25, -0.2) is 0 Å². The minimum atomic E-state index is -2.16. The largest absolute Gasteiger partial charge is 0.541 e. The number of amides is 1. The van der Waals surface area contributed by atoms with Crippen LogP contribution in [0.5, 0.6) is 0 Å². The quantitative estimate of drug-likeness (QED) is 0.458. The normalized spacial score (nSPS) is 44.8. The van der Waals surface area contributed by atoms with Gasteiger partial charge < -0.3 is 4.90 Å². The SMILES string of the molecule is CC(C)(C)N(C=O)[C@H]1CC[C@H]2[C@@H]3CC[C@H]4CC([P+](=O)O)=CC[C@]4(C)[C@H]3CC[C@]12C. The molecule has 4 nitrogen and oxygen atoms in total. The Balaban J connectivity index is 1.60. The number of carbonyl (C=O) groups is 1. The van der Waals surface area contributed by atoms with Crippen molar-refractivity contribution >= 4 is 14.4 Å². The van der Waals surface area contributed by atoms with Crippen molar-refractivity contribution in [2.45, 2.75) is 97.6 Å². The lowest BCUT2D eigenvalue weighted by molar-refractivity contribution is -0.136. The summed E-state index contributed by atoms with van der Waals surface area (Å²) in [6, 6.07) is 0.354. The van der Waals surface area contributed by atoms with Gasteiger partial charge >= 0.3 is 8.03 Å². The highest BCUT2D eigenvalue weighted by molar-refractivity contribution is 7.43. The Kier molecular flexibility index (Phi) is 5.31. The van der Waals surface area contributed by atoms with Gasteiger partial charge in [-0.05, 0) is 111 Å². The summed E-state index contributed by atoms with van der Waals surface area (Å²) in [5.41, 5.74) is 0.366. The highest BCUT2D eigenvalue weighted by Crippen LogP contribution is 2.67. The molecule has 4 aliphatic carbocycles. The lowest BCUT2D eigenvalue weighted by Crippen LogP contribution is -2.57. The predicted octanol–water partition coefficient (Wildman–Crippen LogP) is 5.88. The van der Waals surface area contributed by atoms with Crippen molar-refractivity contribution in [3.8, 4) is 0 Å². The third-order valence-corrected chi connectivity index (χ3v) is 10.6. The molecule has 1 amide bonds. The molecule has 0 heterocycles. The summed E-state index contributed by atoms with van der Waals surface area (Å²) >= 11 is 0. The lowest BCUT2D eigenvalue weighted by atomic mass is 9.46. The molecule has 3 saturated carbocycles. The number of rotatable bonds is 3. The van der Waals surface area contributed by atoms with Gasteiger partial charge in [0.05, 0.1) is 0 Å². The third-order valence-electron chi connectivity index (χ3n) is 9.72. The van der Waals surface area contributed by atoms with Gasteiger partial charge in [-0.1, -0.05) is 13.8 Å². The zero-order chi connectivity index (χ0) is 21.2. The van der Waals surface area contributed by atoms with Crippen LogP contribution in [0.4, 0.5) is 0 Å². The van der Waals surface area contributed by atoms with E-state index in [2.05, 4.69) is 45.6 Å². The van der Waals surface area contributed by atoms with E-state index in [1.165, 1.54) is 32.1 Å². The van der Waals surface area contributed by atoms with Crippen LogP contribution < -0.4 is 0 Å². The van der Waals surface area contributed by atoms with Crippen LogP contribution in [-0.4, -0.2) is 27.8 Å². The van der Waals surface area contributed by atoms with Crippen LogP contribution in [0.25, 0.3) is 0 Å². The van der Waals surface area contributed by atoms with Crippen molar-refractivity contribution < 1.29 is 14.3 Å². The topological polar surface area (TPSA) is 57.6 Å². The van der Waals surface area contributed by atoms with Crippen molar-refractivity contribution in [3.63, 3.8) is 0 Å². The Morgan fingerprint density at radius 2 is 1.79 bits per heavy atom. The molecule has 0 saturated heterocycles. The smallest absolute Gasteiger partial charge is 0.337 e. The van der Waals surface area contributed by atoms with Crippen LogP contribution in [0.15, 0.2) is 11.4 Å². The molecule has 0 aromatic rings. The molecule has 0 spiro atoms. The molecule has 4 rings (SSSR count). The van der Waals surface area contributed by atoms with Crippen molar-refractivity contribution in [2.24, 2.45) is 34.5 Å². The van der Waals surface area contributed by atoms with Crippen molar-refractivity contribution in [1.82, 2.24) is 4.90 Å². The first-order valence-corrected chi connectivity index (χ1v) is 12.8. The summed E-state index contributed by atoms with van der Waals surface area (Å²) in [6.45, 7) is 11.4. The average Bonchev–Trinajstić information content (AvgIpc) is 2.97. The van der Waals surface area contributed by atoms with Crippen LogP contribution >= 0.6 is 8.03 Å². The van der Waals surface area contributed by atoms with Crippen molar-refractivity contribution in [2.75, 3.05) is 0 Å². The highest BCUT2D eigenvalue weighted by Gasteiger charge is 2.61. The zero-order valence-corrected chi connectivity index (χ0v) is 19.8. The number of carbonyl (C=O) groups excluding carboxylic acids is 1. The first kappa shape index (κ1) is 21.5. The minimum Gasteiger partial charge on any atom is -0.337 e. The van der Waals surface area contributed by atoms with Gasteiger partial charge in [-0.3, -0.25) is 4.79 Å². The summed E-state index contributed by atoms with van der Waals surface area (Å²) in [6.07, 6.45) is 12.2. The molecule has 4 aliphatic rings. The molecule has 162 valence electrons. The predicted molar refractivity (Wildman–Crippen MR) is 116 cm³/mol. The van der Waals surface area contributed by atoms with Crippen LogP contribution in [0.2, 0.25) is 0 Å². The molecule has 0 aliphatic heterocycles. The third kappa shape index (κ3) is 3.24. The molecule has 0 radical (unpaired) electrons. The Morgan fingerprint density at radius 1 is 1.10 bits per heavy atom. The highest BCUT2D eigenvalue weighted by atomic mass is 31.1. The first-order valence-electron chi connectivity index (χ1n) is 11.6. The van der Waals surface area contributed by atoms with Crippen LogP contribution in [-0.2, 0) is 9.36 Å². The van der Waals surface area contributed by atoms with Gasteiger partial charge in [0, 0.05) is 18.0 Å². The van der Waals surface area contributed by atoms with Gasteiger partial charge in [0.15, 0.2) is 5.31 Å². The number of nitrogens with zero attached hydrogens (tertiary/aromatic N) is 1. The Hall–Kier alpha value is -0.730. The molecule has 1 unspecified atom stereocenters. The molecule has 0 aromatic carbocycles. The van der Waals surface area contributed by atoms with Gasteiger partial charge in [0.2, 0.25) is 6.41 Å². The van der Waals surface area contributed by atoms with Gasteiger partial charge in [0.1, 0.15) is 0 Å². The van der Waals surface area contributed by atoms with E-state index >= 15 is 0 Å². The fraction of sp³-hybridized carbons (Fsp3) is 0.875. The van der Waals surface area contributed by atoms with Gasteiger partial charge in [-0.2, -0.15) is 4.89 Å². The summed E-state index contributed by atoms with van der Waals surface area (Å²) in [5.74, 6) is 2.71. The second-order valence-electron chi connectivity index (χ2n) is 11.9.